The first-order valence-corrected chi connectivity index (χ1v) is 12.7. The Morgan fingerprint density at radius 1 is 0.806 bits per heavy atom. The van der Waals surface area contributed by atoms with Gasteiger partial charge in [-0.25, -0.2) is 0 Å². The van der Waals surface area contributed by atoms with E-state index in [1.807, 2.05) is 27.7 Å². The Bertz CT molecular complexity index is 702. The predicted molar refractivity (Wildman–Crippen MR) is 141 cm³/mol. The van der Waals surface area contributed by atoms with Gasteiger partial charge in [0.05, 0.1) is 0 Å². The Balaban J connectivity index is 0.000000620. The van der Waals surface area contributed by atoms with Crippen molar-refractivity contribution < 1.29 is 0 Å². The lowest BCUT2D eigenvalue weighted by Gasteiger charge is -2.37. The van der Waals surface area contributed by atoms with E-state index in [9.17, 15) is 0 Å². The molecule has 4 rings (SSSR count). The first kappa shape index (κ1) is 27.2. The summed E-state index contributed by atoms with van der Waals surface area (Å²) in [7, 11) is 0. The zero-order valence-corrected chi connectivity index (χ0v) is 21.6. The summed E-state index contributed by atoms with van der Waals surface area (Å²) >= 11 is 0. The summed E-state index contributed by atoms with van der Waals surface area (Å²) in [6, 6.07) is 17.9. The highest BCUT2D eigenvalue weighted by atomic mass is 15.3. The molecule has 1 aliphatic heterocycles. The van der Waals surface area contributed by atoms with Crippen LogP contribution in [0.1, 0.15) is 77.0 Å². The molecule has 2 nitrogen and oxygen atoms in total. The lowest BCUT2D eigenvalue weighted by molar-refractivity contribution is 0.246. The smallest absolute Gasteiger partial charge is 0.0396 e. The molecule has 31 heavy (non-hydrogen) atoms. The van der Waals surface area contributed by atoms with E-state index in [0.29, 0.717) is 0 Å². The maximum Gasteiger partial charge on any atom is 0.0396 e. The fraction of sp³-hybridized carbons (Fsp3) is 0.586. The Morgan fingerprint density at radius 2 is 1.39 bits per heavy atom. The molecule has 2 aromatic rings. The fourth-order valence-corrected chi connectivity index (χ4v) is 4.22. The second-order valence-electron chi connectivity index (χ2n) is 8.30. The van der Waals surface area contributed by atoms with E-state index >= 15 is 0 Å². The minimum atomic E-state index is 0.809. The third-order valence-electron chi connectivity index (χ3n) is 5.71. The topological polar surface area (TPSA) is 6.48 Å². The van der Waals surface area contributed by atoms with E-state index < -0.39 is 0 Å². The van der Waals surface area contributed by atoms with Crippen LogP contribution in [0.15, 0.2) is 48.5 Å². The average molecular weight is 425 g/mol. The van der Waals surface area contributed by atoms with Crippen LogP contribution in [0, 0.1) is 19.8 Å². The fourth-order valence-electron chi connectivity index (χ4n) is 4.22. The molecule has 0 spiro atoms. The van der Waals surface area contributed by atoms with Crippen LogP contribution in [0.3, 0.4) is 0 Å². The van der Waals surface area contributed by atoms with Gasteiger partial charge in [0.1, 0.15) is 0 Å². The van der Waals surface area contributed by atoms with Crippen molar-refractivity contribution in [3.8, 4) is 0 Å². The molecule has 174 valence electrons. The average Bonchev–Trinajstić information content (AvgIpc) is 3.58. The molecule has 1 saturated heterocycles. The summed E-state index contributed by atoms with van der Waals surface area (Å²) in [6.07, 6.45) is 2.63. The standard InChI is InChI=1S/C22H28N2.C3H8.2C2H6/c1-17-8-9-22(18(2)14-17)24-12-10-23(11-13-24)16-20-15-21(20)19-6-4-3-5-7-19;1-3-2;2*1-2/h3-9,14,20-21H,10-13,15-16H2,1-2H3;3H2,1-2H3;2*1-2H3/t20-,21-;;;/m0.../s1. The number of rotatable bonds is 4. The molecule has 2 atom stereocenters. The third-order valence-corrected chi connectivity index (χ3v) is 5.71. The monoisotopic (exact) mass is 424 g/mol. The lowest BCUT2D eigenvalue weighted by Crippen LogP contribution is -2.47. The molecule has 2 aromatic carbocycles. The van der Waals surface area contributed by atoms with Crippen molar-refractivity contribution in [3.63, 3.8) is 0 Å². The Labute approximate surface area is 193 Å². The van der Waals surface area contributed by atoms with Crippen molar-refractivity contribution in [3.05, 3.63) is 65.2 Å². The molecule has 2 fully saturated rings. The molecule has 0 amide bonds. The van der Waals surface area contributed by atoms with Crippen LogP contribution in [-0.2, 0) is 0 Å². The summed E-state index contributed by atoms with van der Waals surface area (Å²) in [5, 5.41) is 0. The van der Waals surface area contributed by atoms with Gasteiger partial charge in [0.2, 0.25) is 0 Å². The van der Waals surface area contributed by atoms with Gasteiger partial charge in [-0.2, -0.15) is 0 Å². The normalized spacial score (nSPS) is 19.7. The van der Waals surface area contributed by atoms with Gasteiger partial charge in [-0.3, -0.25) is 4.90 Å². The minimum absolute atomic E-state index is 0.809. The van der Waals surface area contributed by atoms with Crippen molar-refractivity contribution >= 4 is 5.69 Å². The predicted octanol–water partition coefficient (Wildman–Crippen LogP) is 7.70. The van der Waals surface area contributed by atoms with E-state index in [-0.39, 0.29) is 0 Å². The summed E-state index contributed by atoms with van der Waals surface area (Å²) in [4.78, 5) is 5.24. The van der Waals surface area contributed by atoms with E-state index in [1.165, 1.54) is 54.9 Å². The molecule has 1 saturated carbocycles. The lowest BCUT2D eigenvalue weighted by atomic mass is 10.1. The molecule has 0 unspecified atom stereocenters. The second kappa shape index (κ2) is 15.1. The maximum absolute atomic E-state index is 2.67. The van der Waals surface area contributed by atoms with Gasteiger partial charge in [0.15, 0.2) is 0 Å². The largest absolute Gasteiger partial charge is 0.369 e. The Morgan fingerprint density at radius 3 is 1.94 bits per heavy atom. The SMILES string of the molecule is CC.CC.CCC.Cc1ccc(N2CCN(C[C@@H]3C[C@H]3c3ccccc3)CC2)c(C)c1. The van der Waals surface area contributed by atoms with Gasteiger partial charge in [0, 0.05) is 38.4 Å². The van der Waals surface area contributed by atoms with E-state index in [4.69, 9.17) is 0 Å². The molecular weight excluding hydrogens is 376 g/mol. The van der Waals surface area contributed by atoms with Crippen LogP contribution < -0.4 is 4.90 Å². The molecule has 2 aliphatic rings. The number of aryl methyl sites for hydroxylation is 2. The zero-order chi connectivity index (χ0) is 23.2. The van der Waals surface area contributed by atoms with Gasteiger partial charge < -0.3 is 4.90 Å². The van der Waals surface area contributed by atoms with Crippen LogP contribution in [0.5, 0.6) is 0 Å². The molecule has 2 heteroatoms. The molecule has 0 radical (unpaired) electrons. The highest BCUT2D eigenvalue weighted by Crippen LogP contribution is 2.47. The third kappa shape index (κ3) is 8.69. The van der Waals surface area contributed by atoms with Gasteiger partial charge in [-0.15, -0.1) is 0 Å². The zero-order valence-electron chi connectivity index (χ0n) is 21.6. The van der Waals surface area contributed by atoms with Crippen LogP contribution in [-0.4, -0.2) is 37.6 Å². The summed E-state index contributed by atoms with van der Waals surface area (Å²) in [5.74, 6) is 1.68. The first-order chi connectivity index (χ1) is 15.1. The van der Waals surface area contributed by atoms with Crippen LogP contribution in [0.4, 0.5) is 5.69 Å². The van der Waals surface area contributed by atoms with Crippen molar-refractivity contribution in [2.75, 3.05) is 37.6 Å². The number of hydrogen-bond acceptors (Lipinski definition) is 2. The molecule has 0 bridgehead atoms. The number of nitrogens with zero attached hydrogens (tertiary/aromatic N) is 2. The highest BCUT2D eigenvalue weighted by molar-refractivity contribution is 5.54. The number of hydrogen-bond donors (Lipinski definition) is 0. The molecule has 1 aliphatic carbocycles. The van der Waals surface area contributed by atoms with Gasteiger partial charge in [0.25, 0.3) is 0 Å². The molecular formula is C29H48N2. The summed E-state index contributed by atoms with van der Waals surface area (Å²) in [6.45, 7) is 22.7. The van der Waals surface area contributed by atoms with E-state index in [0.717, 1.165) is 24.9 Å². The number of anilines is 1. The van der Waals surface area contributed by atoms with Crippen LogP contribution in [0.2, 0.25) is 0 Å². The Hall–Kier alpha value is -1.80. The van der Waals surface area contributed by atoms with Crippen molar-refractivity contribution in [2.45, 2.75) is 74.1 Å². The quantitative estimate of drug-likeness (QED) is 0.496. The highest BCUT2D eigenvalue weighted by Gasteiger charge is 2.39. The van der Waals surface area contributed by atoms with Gasteiger partial charge >= 0.3 is 0 Å². The van der Waals surface area contributed by atoms with Crippen molar-refractivity contribution in [1.82, 2.24) is 4.90 Å². The van der Waals surface area contributed by atoms with Crippen molar-refractivity contribution in [1.29, 1.82) is 0 Å². The maximum atomic E-state index is 2.67. The summed E-state index contributed by atoms with van der Waals surface area (Å²) in [5.41, 5.74) is 5.73. The Kier molecular flexibility index (Phi) is 13.2. The van der Waals surface area contributed by atoms with Gasteiger partial charge in [-0.1, -0.05) is 96.0 Å². The first-order valence-electron chi connectivity index (χ1n) is 12.7. The molecule has 0 aromatic heterocycles. The number of piperazine rings is 1. The van der Waals surface area contributed by atoms with Crippen LogP contribution in [0.25, 0.3) is 0 Å². The molecule has 0 N–H and O–H groups in total. The van der Waals surface area contributed by atoms with E-state index in [1.54, 1.807) is 0 Å². The number of benzene rings is 2. The minimum Gasteiger partial charge on any atom is -0.369 e. The van der Waals surface area contributed by atoms with Crippen LogP contribution >= 0.6 is 0 Å². The second-order valence-corrected chi connectivity index (χ2v) is 8.30. The van der Waals surface area contributed by atoms with Crippen molar-refractivity contribution in [2.24, 2.45) is 5.92 Å². The van der Waals surface area contributed by atoms with E-state index in [2.05, 4.69) is 86.0 Å². The molecule has 1 heterocycles. The summed E-state index contributed by atoms with van der Waals surface area (Å²) < 4.78 is 0. The van der Waals surface area contributed by atoms with Gasteiger partial charge in [-0.05, 0) is 49.3 Å².